The predicted molar refractivity (Wildman–Crippen MR) is 105 cm³/mol. The van der Waals surface area contributed by atoms with E-state index in [4.69, 9.17) is 10.4 Å². The van der Waals surface area contributed by atoms with Crippen LogP contribution in [0.4, 0.5) is 11.4 Å². The van der Waals surface area contributed by atoms with Crippen LogP contribution in [0, 0.1) is 0 Å². The van der Waals surface area contributed by atoms with Gasteiger partial charge in [-0.3, -0.25) is 9.78 Å². The van der Waals surface area contributed by atoms with Crippen LogP contribution in [0.25, 0.3) is 10.8 Å². The summed E-state index contributed by atoms with van der Waals surface area (Å²) in [7, 11) is -1.05. The number of nitrogens with one attached hydrogen (secondary N) is 1. The number of nitrogens with two attached hydrogens (primary N) is 1. The summed E-state index contributed by atoms with van der Waals surface area (Å²) in [6.07, 6.45) is 4.68. The summed E-state index contributed by atoms with van der Waals surface area (Å²) in [5, 5.41) is 14.7. The van der Waals surface area contributed by atoms with E-state index < -0.39 is 13.0 Å². The Balaban J connectivity index is 1.58. The molecule has 1 aliphatic heterocycles. The quantitative estimate of drug-likeness (QED) is 0.608. The van der Waals surface area contributed by atoms with Crippen LogP contribution in [0.1, 0.15) is 11.5 Å². The smallest absolute Gasteiger partial charge is 0.524 e. The second-order valence-electron chi connectivity index (χ2n) is 6.26. The summed E-state index contributed by atoms with van der Waals surface area (Å²) >= 11 is 0. The zero-order valence-electron chi connectivity index (χ0n) is 14.4. The van der Waals surface area contributed by atoms with Crippen molar-refractivity contribution in [3.8, 4) is 0 Å². The number of anilines is 1. The number of fused-ring (bicyclic) bond motifs is 2. The van der Waals surface area contributed by atoms with E-state index in [0.29, 0.717) is 16.8 Å². The summed E-state index contributed by atoms with van der Waals surface area (Å²) in [6, 6.07) is 12.7. The number of carbonyl (C=O) groups excluding carboxylic acids is 1. The lowest BCUT2D eigenvalue weighted by molar-refractivity contribution is -0.117. The first-order valence-electron chi connectivity index (χ1n) is 8.50. The van der Waals surface area contributed by atoms with Gasteiger partial charge in [0.25, 0.3) is 0 Å². The fourth-order valence-corrected chi connectivity index (χ4v) is 3.10. The van der Waals surface area contributed by atoms with Crippen LogP contribution < -0.4 is 16.5 Å². The molecule has 134 valence electrons. The van der Waals surface area contributed by atoms with Gasteiger partial charge in [0.05, 0.1) is 11.6 Å². The standard InChI is InChI=1S/C19H17BN4O3/c21-9-16(13-2-4-17-18(8-13)23-11-27-20(17)26)19(25)24-15-3-1-14-10-22-6-5-12(14)7-15/h1-8,10-11,16,26H,9,21H2,(H,24,25). The monoisotopic (exact) mass is 360 g/mol. The fourth-order valence-electron chi connectivity index (χ4n) is 3.10. The molecule has 3 aromatic rings. The maximum atomic E-state index is 12.8. The van der Waals surface area contributed by atoms with E-state index in [1.54, 1.807) is 30.6 Å². The van der Waals surface area contributed by atoms with Gasteiger partial charge in [-0.15, -0.1) is 0 Å². The number of nitrogens with zero attached hydrogens (tertiary/aromatic N) is 2. The molecule has 1 unspecified atom stereocenters. The lowest BCUT2D eigenvalue weighted by atomic mass is 9.76. The third-order valence-electron chi connectivity index (χ3n) is 4.56. The first-order valence-corrected chi connectivity index (χ1v) is 8.50. The van der Waals surface area contributed by atoms with Crippen LogP contribution in [0.3, 0.4) is 0 Å². The lowest BCUT2D eigenvalue weighted by Crippen LogP contribution is -2.36. The molecule has 0 bridgehead atoms. The predicted octanol–water partition coefficient (Wildman–Crippen LogP) is 1.29. The van der Waals surface area contributed by atoms with E-state index in [1.807, 2.05) is 24.3 Å². The molecule has 27 heavy (non-hydrogen) atoms. The number of hydrogen-bond acceptors (Lipinski definition) is 6. The molecule has 2 heterocycles. The average Bonchev–Trinajstić information content (AvgIpc) is 2.68. The molecule has 4 rings (SSSR count). The molecular weight excluding hydrogens is 343 g/mol. The van der Waals surface area contributed by atoms with Gasteiger partial charge in [0.1, 0.15) is 0 Å². The largest absolute Gasteiger partial charge is 0.562 e. The number of aromatic nitrogens is 1. The van der Waals surface area contributed by atoms with Crippen molar-refractivity contribution in [3.63, 3.8) is 0 Å². The minimum atomic E-state index is -1.05. The third kappa shape index (κ3) is 3.40. The zero-order valence-corrected chi connectivity index (χ0v) is 14.4. The topological polar surface area (TPSA) is 110 Å². The highest BCUT2D eigenvalue weighted by Gasteiger charge is 2.27. The van der Waals surface area contributed by atoms with E-state index in [-0.39, 0.29) is 12.5 Å². The minimum absolute atomic E-state index is 0.144. The highest BCUT2D eigenvalue weighted by molar-refractivity contribution is 6.63. The van der Waals surface area contributed by atoms with Crippen molar-refractivity contribution in [2.75, 3.05) is 11.9 Å². The Morgan fingerprint density at radius 3 is 2.96 bits per heavy atom. The number of pyridine rings is 1. The van der Waals surface area contributed by atoms with E-state index >= 15 is 0 Å². The number of aliphatic imine (C=N–C) groups is 1. The Kier molecular flexibility index (Phi) is 4.58. The lowest BCUT2D eigenvalue weighted by Gasteiger charge is -2.19. The van der Waals surface area contributed by atoms with Gasteiger partial charge < -0.3 is 20.7 Å². The second kappa shape index (κ2) is 7.18. The van der Waals surface area contributed by atoms with Gasteiger partial charge in [-0.2, -0.15) is 0 Å². The Hall–Kier alpha value is -3.23. The molecule has 1 amide bonds. The van der Waals surface area contributed by atoms with Crippen LogP contribution in [0.15, 0.2) is 59.9 Å². The first-order chi connectivity index (χ1) is 13.2. The van der Waals surface area contributed by atoms with E-state index in [2.05, 4.69) is 15.3 Å². The summed E-state index contributed by atoms with van der Waals surface area (Å²) in [6.45, 7) is 0.144. The van der Waals surface area contributed by atoms with Crippen molar-refractivity contribution in [2.45, 2.75) is 5.92 Å². The van der Waals surface area contributed by atoms with Gasteiger partial charge in [-0.1, -0.05) is 18.2 Å². The third-order valence-corrected chi connectivity index (χ3v) is 4.56. The van der Waals surface area contributed by atoms with Crippen LogP contribution >= 0.6 is 0 Å². The number of hydrogen-bond donors (Lipinski definition) is 3. The van der Waals surface area contributed by atoms with E-state index in [9.17, 15) is 9.82 Å². The normalized spacial score (nSPS) is 13.8. The van der Waals surface area contributed by atoms with Gasteiger partial charge in [0.15, 0.2) is 6.40 Å². The average molecular weight is 360 g/mol. The van der Waals surface area contributed by atoms with Gasteiger partial charge in [0.2, 0.25) is 5.91 Å². The van der Waals surface area contributed by atoms with Gasteiger partial charge in [0, 0.05) is 35.5 Å². The van der Waals surface area contributed by atoms with E-state index in [0.717, 1.165) is 16.3 Å². The summed E-state index contributed by atoms with van der Waals surface area (Å²) in [4.78, 5) is 21.0. The molecule has 0 spiro atoms. The van der Waals surface area contributed by atoms with Gasteiger partial charge in [-0.05, 0) is 35.2 Å². The van der Waals surface area contributed by atoms with Crippen molar-refractivity contribution in [2.24, 2.45) is 10.7 Å². The Labute approximate surface area is 156 Å². The maximum absolute atomic E-state index is 12.8. The molecule has 8 heteroatoms. The van der Waals surface area contributed by atoms with Crippen molar-refractivity contribution < 1.29 is 14.5 Å². The number of benzene rings is 2. The van der Waals surface area contributed by atoms with Crippen LogP contribution in [0.5, 0.6) is 0 Å². The highest BCUT2D eigenvalue weighted by atomic mass is 16.5. The number of rotatable bonds is 4. The van der Waals surface area contributed by atoms with Crippen molar-refractivity contribution in [1.82, 2.24) is 4.98 Å². The Morgan fingerprint density at radius 1 is 1.22 bits per heavy atom. The second-order valence-corrected chi connectivity index (χ2v) is 6.26. The van der Waals surface area contributed by atoms with Gasteiger partial charge >= 0.3 is 7.12 Å². The highest BCUT2D eigenvalue weighted by Crippen LogP contribution is 2.24. The minimum Gasteiger partial charge on any atom is -0.524 e. The van der Waals surface area contributed by atoms with Gasteiger partial charge in [-0.25, -0.2) is 4.99 Å². The summed E-state index contributed by atoms with van der Waals surface area (Å²) in [5.41, 5.74) is 8.41. The molecule has 0 aliphatic carbocycles. The molecule has 0 saturated heterocycles. The molecule has 0 fully saturated rings. The fraction of sp³-hybridized carbons (Fsp3) is 0.105. The van der Waals surface area contributed by atoms with Crippen LogP contribution in [-0.4, -0.2) is 36.0 Å². The molecule has 7 nitrogen and oxygen atoms in total. The molecule has 0 radical (unpaired) electrons. The molecule has 2 aromatic carbocycles. The number of amides is 1. The van der Waals surface area contributed by atoms with Crippen molar-refractivity contribution in [1.29, 1.82) is 0 Å². The molecule has 1 aromatic heterocycles. The van der Waals surface area contributed by atoms with Crippen LogP contribution in [0.2, 0.25) is 0 Å². The first kappa shape index (κ1) is 17.2. The van der Waals surface area contributed by atoms with Crippen molar-refractivity contribution in [3.05, 3.63) is 60.4 Å². The number of carbonyl (C=O) groups is 1. The summed E-state index contributed by atoms with van der Waals surface area (Å²) < 4.78 is 4.95. The molecule has 0 saturated carbocycles. The summed E-state index contributed by atoms with van der Waals surface area (Å²) in [5.74, 6) is -0.749. The molecular formula is C19H17BN4O3. The SMILES string of the molecule is NCC(C(=O)Nc1ccc2cnccc2c1)c1ccc2c(c1)N=COB2O. The zero-order chi connectivity index (χ0) is 18.8. The van der Waals surface area contributed by atoms with Crippen molar-refractivity contribution >= 4 is 47.0 Å². The molecule has 1 aliphatic rings. The molecule has 4 N–H and O–H groups in total. The maximum Gasteiger partial charge on any atom is 0.562 e. The van der Waals surface area contributed by atoms with E-state index in [1.165, 1.54) is 6.40 Å². The molecule has 1 atom stereocenters. The Morgan fingerprint density at radius 2 is 2.11 bits per heavy atom. The Bertz CT molecular complexity index is 1040. The van der Waals surface area contributed by atoms with Crippen LogP contribution in [-0.2, 0) is 9.45 Å².